The molecule has 7 heteroatoms. The van der Waals surface area contributed by atoms with Crippen LogP contribution in [0.5, 0.6) is 5.75 Å². The first kappa shape index (κ1) is 22.6. The molecule has 0 radical (unpaired) electrons. The molecule has 3 aromatic rings. The zero-order valence-electron chi connectivity index (χ0n) is 18.3. The van der Waals surface area contributed by atoms with E-state index in [9.17, 15) is 9.59 Å². The van der Waals surface area contributed by atoms with Crippen molar-refractivity contribution in [1.29, 1.82) is 0 Å². The van der Waals surface area contributed by atoms with Crippen molar-refractivity contribution in [2.24, 2.45) is 5.10 Å². The van der Waals surface area contributed by atoms with Crippen LogP contribution in [0, 0.1) is 13.8 Å². The van der Waals surface area contributed by atoms with Gasteiger partial charge in [0.2, 0.25) is 0 Å². The smallest absolute Gasteiger partial charge is 0.329 e. The molecule has 3 N–H and O–H groups in total. The molecule has 3 rings (SSSR count). The van der Waals surface area contributed by atoms with E-state index in [0.717, 1.165) is 22.4 Å². The lowest BCUT2D eigenvalue weighted by atomic mass is 10.1. The fourth-order valence-corrected chi connectivity index (χ4v) is 3.08. The zero-order chi connectivity index (χ0) is 22.9. The van der Waals surface area contributed by atoms with Gasteiger partial charge in [0, 0.05) is 17.8 Å². The number of hydrogen-bond acceptors (Lipinski definition) is 5. The summed E-state index contributed by atoms with van der Waals surface area (Å²) in [6, 6.07) is 21.0. The summed E-state index contributed by atoms with van der Waals surface area (Å²) in [5.41, 5.74) is 7.64. The van der Waals surface area contributed by atoms with Crippen LogP contribution in [0.2, 0.25) is 0 Å². The van der Waals surface area contributed by atoms with Gasteiger partial charge < -0.3 is 15.4 Å². The van der Waals surface area contributed by atoms with Gasteiger partial charge in [-0.3, -0.25) is 9.59 Å². The lowest BCUT2D eigenvalue weighted by molar-refractivity contribution is -0.139. The van der Waals surface area contributed by atoms with Gasteiger partial charge >= 0.3 is 11.8 Å². The Kier molecular flexibility index (Phi) is 7.59. The molecular weight excluding hydrogens is 404 g/mol. The van der Waals surface area contributed by atoms with Crippen molar-refractivity contribution in [2.45, 2.75) is 20.4 Å². The minimum Gasteiger partial charge on any atom is -0.495 e. The van der Waals surface area contributed by atoms with E-state index in [4.69, 9.17) is 4.74 Å². The highest BCUT2D eigenvalue weighted by Crippen LogP contribution is 2.31. The van der Waals surface area contributed by atoms with E-state index in [1.807, 2.05) is 80.6 Å². The molecule has 0 atom stereocenters. The van der Waals surface area contributed by atoms with Crippen molar-refractivity contribution < 1.29 is 14.3 Å². The predicted octanol–water partition coefficient (Wildman–Crippen LogP) is 3.82. The van der Waals surface area contributed by atoms with Crippen LogP contribution in [0.25, 0.3) is 0 Å². The van der Waals surface area contributed by atoms with Gasteiger partial charge in [0.1, 0.15) is 5.75 Å². The number of hydrazone groups is 1. The Balaban J connectivity index is 1.67. The van der Waals surface area contributed by atoms with Gasteiger partial charge in [-0.1, -0.05) is 54.6 Å². The number of benzene rings is 3. The molecule has 0 aliphatic carbocycles. The molecular formula is C25H26N4O3. The maximum atomic E-state index is 12.1. The number of hydrogen-bond donors (Lipinski definition) is 3. The van der Waals surface area contributed by atoms with E-state index >= 15 is 0 Å². The number of methoxy groups -OCH3 is 1. The van der Waals surface area contributed by atoms with Gasteiger partial charge in [0.15, 0.2) is 0 Å². The minimum atomic E-state index is -0.842. The highest BCUT2D eigenvalue weighted by molar-refractivity contribution is 6.35. The second-order valence-electron chi connectivity index (χ2n) is 7.17. The van der Waals surface area contributed by atoms with Crippen molar-refractivity contribution in [3.8, 4) is 5.75 Å². The Morgan fingerprint density at radius 3 is 2.34 bits per heavy atom. The standard InChI is InChI=1S/C25H26N4O3/c1-17-9-4-6-11-19(17)15-26-24(30)25(31)29-27-16-20-12-8-14-22(32-3)23(20)28-21-13-7-5-10-18(21)2/h4-14,16,28H,15H2,1-3H3,(H,26,30)(H,29,31)/b27-16-. The number of para-hydroxylation sites is 2. The Bertz CT molecular complexity index is 1140. The van der Waals surface area contributed by atoms with E-state index in [0.29, 0.717) is 17.0 Å². The molecule has 0 saturated carbocycles. The summed E-state index contributed by atoms with van der Waals surface area (Å²) in [5, 5.41) is 9.91. The average molecular weight is 431 g/mol. The third-order valence-corrected chi connectivity index (χ3v) is 4.96. The maximum Gasteiger partial charge on any atom is 0.329 e. The molecule has 32 heavy (non-hydrogen) atoms. The minimum absolute atomic E-state index is 0.267. The molecule has 0 heterocycles. The van der Waals surface area contributed by atoms with Crippen LogP contribution in [0.3, 0.4) is 0 Å². The van der Waals surface area contributed by atoms with E-state index in [1.165, 1.54) is 6.21 Å². The summed E-state index contributed by atoms with van der Waals surface area (Å²) >= 11 is 0. The van der Waals surface area contributed by atoms with E-state index in [-0.39, 0.29) is 6.54 Å². The summed E-state index contributed by atoms with van der Waals surface area (Å²) < 4.78 is 5.47. The summed E-state index contributed by atoms with van der Waals surface area (Å²) in [6.45, 7) is 4.22. The Morgan fingerprint density at radius 1 is 0.906 bits per heavy atom. The summed E-state index contributed by atoms with van der Waals surface area (Å²) in [6.07, 6.45) is 1.47. The van der Waals surface area contributed by atoms with Gasteiger partial charge in [-0.15, -0.1) is 0 Å². The molecule has 0 aliphatic rings. The van der Waals surface area contributed by atoms with Crippen molar-refractivity contribution >= 4 is 29.4 Å². The molecule has 0 saturated heterocycles. The summed E-state index contributed by atoms with van der Waals surface area (Å²) in [5.74, 6) is -0.972. The van der Waals surface area contributed by atoms with Crippen LogP contribution in [0.15, 0.2) is 71.8 Å². The molecule has 0 aliphatic heterocycles. The Hall–Kier alpha value is -4.13. The van der Waals surface area contributed by atoms with Gasteiger partial charge in [-0.2, -0.15) is 5.10 Å². The highest BCUT2D eigenvalue weighted by Gasteiger charge is 2.13. The fourth-order valence-electron chi connectivity index (χ4n) is 3.08. The fraction of sp³-hybridized carbons (Fsp3) is 0.160. The van der Waals surface area contributed by atoms with Gasteiger partial charge in [0.25, 0.3) is 0 Å². The van der Waals surface area contributed by atoms with Crippen molar-refractivity contribution in [3.63, 3.8) is 0 Å². The summed E-state index contributed by atoms with van der Waals surface area (Å²) in [4.78, 5) is 24.2. The average Bonchev–Trinajstić information content (AvgIpc) is 2.80. The number of nitrogens with one attached hydrogen (secondary N) is 3. The van der Waals surface area contributed by atoms with Crippen LogP contribution >= 0.6 is 0 Å². The van der Waals surface area contributed by atoms with E-state index < -0.39 is 11.8 Å². The summed E-state index contributed by atoms with van der Waals surface area (Å²) in [7, 11) is 1.58. The third kappa shape index (κ3) is 5.72. The molecule has 0 bridgehead atoms. The topological polar surface area (TPSA) is 91.8 Å². The predicted molar refractivity (Wildman–Crippen MR) is 126 cm³/mol. The first-order valence-electron chi connectivity index (χ1n) is 10.1. The van der Waals surface area contributed by atoms with Crippen molar-refractivity contribution in [1.82, 2.24) is 10.7 Å². The van der Waals surface area contributed by atoms with Crippen molar-refractivity contribution in [3.05, 3.63) is 89.0 Å². The van der Waals surface area contributed by atoms with Crippen LogP contribution in [0.4, 0.5) is 11.4 Å². The van der Waals surface area contributed by atoms with Crippen LogP contribution in [-0.2, 0) is 16.1 Å². The monoisotopic (exact) mass is 430 g/mol. The normalized spacial score (nSPS) is 10.6. The quantitative estimate of drug-likeness (QED) is 0.302. The van der Waals surface area contributed by atoms with Crippen LogP contribution in [0.1, 0.15) is 22.3 Å². The number of carbonyl (C=O) groups is 2. The lowest BCUT2D eigenvalue weighted by Crippen LogP contribution is -2.37. The second-order valence-corrected chi connectivity index (χ2v) is 7.17. The number of aryl methyl sites for hydroxylation is 2. The molecule has 0 fully saturated rings. The number of amides is 2. The van der Waals surface area contributed by atoms with Gasteiger partial charge in [0.05, 0.1) is 19.0 Å². The molecule has 7 nitrogen and oxygen atoms in total. The maximum absolute atomic E-state index is 12.1. The molecule has 2 amide bonds. The number of rotatable bonds is 7. The van der Waals surface area contributed by atoms with E-state index in [2.05, 4.69) is 21.2 Å². The zero-order valence-corrected chi connectivity index (χ0v) is 18.3. The number of ether oxygens (including phenoxy) is 1. The number of anilines is 2. The van der Waals surface area contributed by atoms with Crippen molar-refractivity contribution in [2.75, 3.05) is 12.4 Å². The lowest BCUT2D eigenvalue weighted by Gasteiger charge is -2.15. The molecule has 164 valence electrons. The Labute approximate surface area is 187 Å². The number of carbonyl (C=O) groups excluding carboxylic acids is 2. The number of nitrogens with zero attached hydrogens (tertiary/aromatic N) is 1. The first-order valence-corrected chi connectivity index (χ1v) is 10.1. The van der Waals surface area contributed by atoms with E-state index in [1.54, 1.807) is 7.11 Å². The Morgan fingerprint density at radius 2 is 1.62 bits per heavy atom. The molecule has 0 unspecified atom stereocenters. The second kappa shape index (κ2) is 10.8. The van der Waals surface area contributed by atoms with Crippen LogP contribution < -0.4 is 20.8 Å². The van der Waals surface area contributed by atoms with Crippen LogP contribution in [-0.4, -0.2) is 25.1 Å². The van der Waals surface area contributed by atoms with Gasteiger partial charge in [-0.25, -0.2) is 5.43 Å². The molecule has 0 spiro atoms. The molecule has 3 aromatic carbocycles. The molecule has 0 aromatic heterocycles. The third-order valence-electron chi connectivity index (χ3n) is 4.96. The SMILES string of the molecule is COc1cccc(/C=N\NC(=O)C(=O)NCc2ccccc2C)c1Nc1ccccc1C. The largest absolute Gasteiger partial charge is 0.495 e. The highest BCUT2D eigenvalue weighted by atomic mass is 16.5. The van der Waals surface area contributed by atoms with Gasteiger partial charge in [-0.05, 0) is 42.7 Å². The first-order chi connectivity index (χ1) is 15.5.